The Bertz CT molecular complexity index is 896. The number of aromatic nitrogens is 2. The largest absolute Gasteiger partial charge is 0.475 e. The lowest BCUT2D eigenvalue weighted by Crippen LogP contribution is -2.29. The third-order valence-electron chi connectivity index (χ3n) is 3.97. The molecule has 1 N–H and O–H groups in total. The maximum atomic E-state index is 11.9. The normalized spacial score (nSPS) is 10.4. The van der Waals surface area contributed by atoms with Crippen LogP contribution in [0.3, 0.4) is 0 Å². The van der Waals surface area contributed by atoms with E-state index in [9.17, 15) is 4.79 Å². The Kier molecular flexibility index (Phi) is 6.39. The molecule has 0 unspecified atom stereocenters. The van der Waals surface area contributed by atoms with E-state index in [-0.39, 0.29) is 12.3 Å². The average Bonchev–Trinajstić information content (AvgIpc) is 2.68. The first-order chi connectivity index (χ1) is 13.1. The number of nitrogens with one attached hydrogen (secondary N) is 1. The minimum Gasteiger partial charge on any atom is -0.475 e. The number of aryl methyl sites for hydroxylation is 1. The number of ether oxygens (including phenoxy) is 1. The molecular formula is C21H20ClN3O2. The van der Waals surface area contributed by atoms with Crippen LogP contribution in [-0.4, -0.2) is 29.3 Å². The summed E-state index contributed by atoms with van der Waals surface area (Å²) in [6.07, 6.45) is 0.241. The molecule has 6 heteroatoms. The van der Waals surface area contributed by atoms with Gasteiger partial charge in [-0.05, 0) is 24.6 Å². The summed E-state index contributed by atoms with van der Waals surface area (Å²) < 4.78 is 5.53. The number of hydrogen-bond acceptors (Lipinski definition) is 4. The molecule has 0 radical (unpaired) electrons. The summed E-state index contributed by atoms with van der Waals surface area (Å²) in [5, 5.41) is 11.6. The van der Waals surface area contributed by atoms with Crippen LogP contribution >= 0.6 is 11.6 Å². The van der Waals surface area contributed by atoms with E-state index in [1.54, 1.807) is 12.1 Å². The molecule has 1 amide bonds. The topological polar surface area (TPSA) is 64.1 Å². The Hall–Kier alpha value is -2.92. The van der Waals surface area contributed by atoms with Crippen LogP contribution in [0, 0.1) is 6.92 Å². The van der Waals surface area contributed by atoms with Crippen LogP contribution in [0.4, 0.5) is 0 Å². The SMILES string of the molecule is Cc1ccc(-c2ccc(OCCNC(=O)Cc3ccccc3Cl)nn2)cc1. The van der Waals surface area contributed by atoms with Crippen LogP contribution in [0.25, 0.3) is 11.3 Å². The summed E-state index contributed by atoms with van der Waals surface area (Å²) in [6.45, 7) is 2.73. The van der Waals surface area contributed by atoms with Crippen molar-refractivity contribution in [2.45, 2.75) is 13.3 Å². The quantitative estimate of drug-likeness (QED) is 0.631. The average molecular weight is 382 g/mol. The summed E-state index contributed by atoms with van der Waals surface area (Å²) in [5.74, 6) is 0.318. The van der Waals surface area contributed by atoms with Crippen LogP contribution in [0.2, 0.25) is 5.02 Å². The fourth-order valence-corrected chi connectivity index (χ4v) is 2.70. The molecule has 3 rings (SSSR count). The summed E-state index contributed by atoms with van der Waals surface area (Å²) in [6, 6.07) is 19.0. The molecule has 0 fully saturated rings. The van der Waals surface area contributed by atoms with Gasteiger partial charge in [0, 0.05) is 16.7 Å². The molecule has 0 aliphatic heterocycles. The fraction of sp³-hybridized carbons (Fsp3) is 0.190. The van der Waals surface area contributed by atoms with Crippen LogP contribution in [0.5, 0.6) is 5.88 Å². The lowest BCUT2D eigenvalue weighted by Gasteiger charge is -2.08. The maximum absolute atomic E-state index is 11.9. The lowest BCUT2D eigenvalue weighted by molar-refractivity contribution is -0.120. The van der Waals surface area contributed by atoms with Gasteiger partial charge in [0.05, 0.1) is 18.7 Å². The highest BCUT2D eigenvalue weighted by Gasteiger charge is 2.06. The van der Waals surface area contributed by atoms with Crippen molar-refractivity contribution in [3.8, 4) is 17.1 Å². The van der Waals surface area contributed by atoms with Gasteiger partial charge in [-0.2, -0.15) is 0 Å². The van der Waals surface area contributed by atoms with Gasteiger partial charge in [0.25, 0.3) is 0 Å². The zero-order valence-corrected chi connectivity index (χ0v) is 15.7. The Morgan fingerprint density at radius 3 is 2.52 bits per heavy atom. The molecule has 0 aliphatic carbocycles. The summed E-state index contributed by atoms with van der Waals surface area (Å²) in [4.78, 5) is 11.9. The first-order valence-corrected chi connectivity index (χ1v) is 9.03. The second kappa shape index (κ2) is 9.14. The number of carbonyl (C=O) groups excluding carboxylic acids is 1. The Labute approximate surface area is 163 Å². The Morgan fingerprint density at radius 1 is 1.04 bits per heavy atom. The molecule has 1 aromatic heterocycles. The molecule has 138 valence electrons. The van der Waals surface area contributed by atoms with Crippen molar-refractivity contribution in [3.05, 3.63) is 76.8 Å². The van der Waals surface area contributed by atoms with Crippen LogP contribution in [0.1, 0.15) is 11.1 Å². The minimum absolute atomic E-state index is 0.104. The van der Waals surface area contributed by atoms with E-state index in [0.29, 0.717) is 24.1 Å². The van der Waals surface area contributed by atoms with Gasteiger partial charge in [-0.1, -0.05) is 59.6 Å². The van der Waals surface area contributed by atoms with Gasteiger partial charge in [-0.25, -0.2) is 0 Å². The van der Waals surface area contributed by atoms with Crippen molar-refractivity contribution in [1.82, 2.24) is 15.5 Å². The molecule has 3 aromatic rings. The van der Waals surface area contributed by atoms with Gasteiger partial charge in [0.1, 0.15) is 6.61 Å². The molecule has 0 atom stereocenters. The number of amides is 1. The molecule has 0 aliphatic rings. The second-order valence-corrected chi connectivity index (χ2v) is 6.50. The molecular weight excluding hydrogens is 362 g/mol. The molecule has 1 heterocycles. The number of rotatable bonds is 7. The molecule has 0 saturated heterocycles. The van der Waals surface area contributed by atoms with E-state index >= 15 is 0 Å². The first-order valence-electron chi connectivity index (χ1n) is 8.65. The van der Waals surface area contributed by atoms with Crippen molar-refractivity contribution in [3.63, 3.8) is 0 Å². The van der Waals surface area contributed by atoms with Gasteiger partial charge < -0.3 is 10.1 Å². The van der Waals surface area contributed by atoms with Crippen LogP contribution in [-0.2, 0) is 11.2 Å². The third kappa shape index (κ3) is 5.53. The minimum atomic E-state index is -0.104. The highest BCUT2D eigenvalue weighted by atomic mass is 35.5. The van der Waals surface area contributed by atoms with Crippen molar-refractivity contribution < 1.29 is 9.53 Å². The van der Waals surface area contributed by atoms with Crippen molar-refractivity contribution in [2.75, 3.05) is 13.2 Å². The van der Waals surface area contributed by atoms with Gasteiger partial charge in [-0.3, -0.25) is 4.79 Å². The van der Waals surface area contributed by atoms with E-state index < -0.39 is 0 Å². The lowest BCUT2D eigenvalue weighted by atomic mass is 10.1. The standard InChI is InChI=1S/C21H20ClN3O2/c1-15-6-8-16(9-7-15)19-10-11-21(25-24-19)27-13-12-23-20(26)14-17-4-2-3-5-18(17)22/h2-11H,12-14H2,1H3,(H,23,26). The van der Waals surface area contributed by atoms with Crippen molar-refractivity contribution in [2.24, 2.45) is 0 Å². The zero-order valence-electron chi connectivity index (χ0n) is 15.0. The van der Waals surface area contributed by atoms with Gasteiger partial charge in [0.2, 0.25) is 11.8 Å². The van der Waals surface area contributed by atoms with Gasteiger partial charge >= 0.3 is 0 Å². The van der Waals surface area contributed by atoms with E-state index in [1.165, 1.54) is 5.56 Å². The highest BCUT2D eigenvalue weighted by molar-refractivity contribution is 6.31. The van der Waals surface area contributed by atoms with E-state index in [2.05, 4.69) is 15.5 Å². The molecule has 0 bridgehead atoms. The Morgan fingerprint density at radius 2 is 1.81 bits per heavy atom. The molecule has 27 heavy (non-hydrogen) atoms. The molecule has 0 saturated carbocycles. The van der Waals surface area contributed by atoms with Gasteiger partial charge in [0.15, 0.2) is 0 Å². The molecule has 5 nitrogen and oxygen atoms in total. The highest BCUT2D eigenvalue weighted by Crippen LogP contribution is 2.18. The predicted molar refractivity (Wildman–Crippen MR) is 106 cm³/mol. The summed E-state index contributed by atoms with van der Waals surface area (Å²) in [7, 11) is 0. The molecule has 0 spiro atoms. The van der Waals surface area contributed by atoms with Crippen molar-refractivity contribution in [1.29, 1.82) is 0 Å². The second-order valence-electron chi connectivity index (χ2n) is 6.09. The third-order valence-corrected chi connectivity index (χ3v) is 4.34. The first kappa shape index (κ1) is 18.9. The van der Waals surface area contributed by atoms with Crippen LogP contribution < -0.4 is 10.1 Å². The summed E-state index contributed by atoms with van der Waals surface area (Å²) in [5.41, 5.74) is 3.79. The number of nitrogens with zero attached hydrogens (tertiary/aromatic N) is 2. The van der Waals surface area contributed by atoms with Gasteiger partial charge in [-0.15, -0.1) is 10.2 Å². The predicted octanol–water partition coefficient (Wildman–Crippen LogP) is 3.84. The number of carbonyl (C=O) groups is 1. The zero-order chi connectivity index (χ0) is 19.1. The van der Waals surface area contributed by atoms with Crippen molar-refractivity contribution >= 4 is 17.5 Å². The maximum Gasteiger partial charge on any atom is 0.233 e. The fourth-order valence-electron chi connectivity index (χ4n) is 2.50. The Balaban J connectivity index is 1.43. The smallest absolute Gasteiger partial charge is 0.233 e. The monoisotopic (exact) mass is 381 g/mol. The number of hydrogen-bond donors (Lipinski definition) is 1. The van der Waals surface area contributed by atoms with Crippen LogP contribution in [0.15, 0.2) is 60.7 Å². The van der Waals surface area contributed by atoms with E-state index in [1.807, 2.05) is 55.5 Å². The summed E-state index contributed by atoms with van der Waals surface area (Å²) >= 11 is 6.05. The molecule has 2 aromatic carbocycles. The number of benzene rings is 2. The van der Waals surface area contributed by atoms with E-state index in [0.717, 1.165) is 16.8 Å². The van der Waals surface area contributed by atoms with E-state index in [4.69, 9.17) is 16.3 Å². The number of halogens is 1.